The van der Waals surface area contributed by atoms with Gasteiger partial charge in [-0.2, -0.15) is 0 Å². The van der Waals surface area contributed by atoms with E-state index in [2.05, 4.69) is 27.2 Å². The molecule has 0 spiro atoms. The van der Waals surface area contributed by atoms with Gasteiger partial charge in [0.25, 0.3) is 5.91 Å². The van der Waals surface area contributed by atoms with Crippen LogP contribution in [-0.2, 0) is 4.74 Å². The number of nitrogens with zero attached hydrogens (tertiary/aromatic N) is 2. The zero-order chi connectivity index (χ0) is 20.5. The van der Waals surface area contributed by atoms with Crippen LogP contribution in [0.3, 0.4) is 0 Å². The summed E-state index contributed by atoms with van der Waals surface area (Å²) in [7, 11) is 0. The normalized spacial score (nSPS) is 22.0. The van der Waals surface area contributed by atoms with Crippen molar-refractivity contribution < 1.29 is 18.7 Å². The highest BCUT2D eigenvalue weighted by Crippen LogP contribution is 2.35. The van der Waals surface area contributed by atoms with Crippen molar-refractivity contribution in [1.29, 1.82) is 0 Å². The first-order valence-electron chi connectivity index (χ1n) is 10.4. The van der Waals surface area contributed by atoms with Gasteiger partial charge in [-0.15, -0.1) is 0 Å². The summed E-state index contributed by atoms with van der Waals surface area (Å²) in [5.41, 5.74) is 2.52. The zero-order valence-corrected chi connectivity index (χ0v) is 16.7. The highest BCUT2D eigenvalue weighted by atomic mass is 19.1. The first-order chi connectivity index (χ1) is 14.7. The summed E-state index contributed by atoms with van der Waals surface area (Å²) in [6.07, 6.45) is 1.95. The Bertz CT molecular complexity index is 908. The molecule has 0 aromatic heterocycles. The second-order valence-corrected chi connectivity index (χ2v) is 7.94. The molecular weight excluding hydrogens is 385 g/mol. The fraction of sp³-hybridized carbons (Fsp3) is 0.391. The topological polar surface area (TPSA) is 54.0 Å². The van der Waals surface area contributed by atoms with Crippen LogP contribution in [-0.4, -0.2) is 62.8 Å². The molecule has 2 aromatic rings. The molecule has 1 radical (unpaired) electrons. The Morgan fingerprint density at radius 1 is 1.03 bits per heavy atom. The maximum absolute atomic E-state index is 13.2. The molecular formula is C23H25FN3O3. The molecule has 5 rings (SSSR count). The minimum Gasteiger partial charge on any atom is -0.493 e. The van der Waals surface area contributed by atoms with Crippen molar-refractivity contribution in [1.82, 2.24) is 10.2 Å². The number of amides is 1. The predicted molar refractivity (Wildman–Crippen MR) is 111 cm³/mol. The van der Waals surface area contributed by atoms with Gasteiger partial charge in [0.2, 0.25) is 0 Å². The minimum absolute atomic E-state index is 0.231. The summed E-state index contributed by atoms with van der Waals surface area (Å²) in [4.78, 5) is 17.5. The molecule has 2 aromatic carbocycles. The quantitative estimate of drug-likeness (QED) is 0.839. The van der Waals surface area contributed by atoms with E-state index < -0.39 is 0 Å². The number of piperazine rings is 1. The number of carbonyl (C=O) groups excluding carboxylic acids is 1. The van der Waals surface area contributed by atoms with Crippen molar-refractivity contribution in [2.45, 2.75) is 12.1 Å². The van der Waals surface area contributed by atoms with Crippen LogP contribution in [0.25, 0.3) is 0 Å². The number of ether oxygens (including phenoxy) is 2. The standard InChI is InChI=1S/C23H25FN3O3/c24-17-3-1-16(2-4-17)23(28)25-21-7-12-30-22-6-5-18(13-20(21)22)26-8-10-27(11-9-26)19-14-29-15-19/h1-7,13,19,21H,8-12,14-15H2,(H,25,28)/t21-/m0/s1. The lowest BCUT2D eigenvalue weighted by Crippen LogP contribution is -2.56. The Labute approximate surface area is 175 Å². The van der Waals surface area contributed by atoms with Gasteiger partial charge < -0.3 is 19.7 Å². The van der Waals surface area contributed by atoms with Crippen molar-refractivity contribution in [3.05, 3.63) is 65.8 Å². The number of anilines is 1. The Balaban J connectivity index is 1.29. The Morgan fingerprint density at radius 2 is 1.80 bits per heavy atom. The molecule has 6 nitrogen and oxygen atoms in total. The summed E-state index contributed by atoms with van der Waals surface area (Å²) < 4.78 is 24.2. The largest absolute Gasteiger partial charge is 0.493 e. The van der Waals surface area contributed by atoms with E-state index in [4.69, 9.17) is 9.47 Å². The van der Waals surface area contributed by atoms with Crippen LogP contribution in [0.2, 0.25) is 0 Å². The van der Waals surface area contributed by atoms with Crippen molar-refractivity contribution in [2.24, 2.45) is 0 Å². The van der Waals surface area contributed by atoms with Gasteiger partial charge in [-0.05, 0) is 42.5 Å². The lowest BCUT2D eigenvalue weighted by Gasteiger charge is -2.43. The van der Waals surface area contributed by atoms with Crippen molar-refractivity contribution >= 4 is 11.6 Å². The number of rotatable bonds is 4. The lowest BCUT2D eigenvalue weighted by molar-refractivity contribution is -0.0660. The van der Waals surface area contributed by atoms with Crippen LogP contribution < -0.4 is 15.0 Å². The number of nitrogens with one attached hydrogen (secondary N) is 1. The van der Waals surface area contributed by atoms with E-state index >= 15 is 0 Å². The molecule has 30 heavy (non-hydrogen) atoms. The van der Waals surface area contributed by atoms with Crippen molar-refractivity contribution in [3.63, 3.8) is 0 Å². The molecule has 1 amide bonds. The van der Waals surface area contributed by atoms with Gasteiger partial charge in [0.1, 0.15) is 11.6 Å². The van der Waals surface area contributed by atoms with Gasteiger partial charge >= 0.3 is 0 Å². The Kier molecular flexibility index (Phi) is 5.31. The van der Waals surface area contributed by atoms with Gasteiger partial charge in [-0.1, -0.05) is 0 Å². The summed E-state index contributed by atoms with van der Waals surface area (Å²) in [5.74, 6) is 0.200. The lowest BCUT2D eigenvalue weighted by atomic mass is 9.98. The maximum Gasteiger partial charge on any atom is 0.251 e. The summed E-state index contributed by atoms with van der Waals surface area (Å²) in [6.45, 7) is 6.11. The fourth-order valence-corrected chi connectivity index (χ4v) is 4.21. The van der Waals surface area contributed by atoms with E-state index in [1.54, 1.807) is 0 Å². The van der Waals surface area contributed by atoms with Crippen LogP contribution in [0, 0.1) is 12.2 Å². The van der Waals surface area contributed by atoms with Gasteiger partial charge in [0.15, 0.2) is 0 Å². The van der Waals surface area contributed by atoms with Gasteiger partial charge in [0, 0.05) is 49.4 Å². The minimum atomic E-state index is -0.357. The smallest absolute Gasteiger partial charge is 0.251 e. The van der Waals surface area contributed by atoms with E-state index in [0.29, 0.717) is 18.2 Å². The Morgan fingerprint density at radius 3 is 2.50 bits per heavy atom. The van der Waals surface area contributed by atoms with E-state index in [-0.39, 0.29) is 17.8 Å². The molecule has 3 aliphatic rings. The molecule has 0 bridgehead atoms. The van der Waals surface area contributed by atoms with E-state index in [1.807, 2.05) is 12.5 Å². The molecule has 7 heteroatoms. The molecule has 157 valence electrons. The van der Waals surface area contributed by atoms with Crippen LogP contribution in [0.4, 0.5) is 10.1 Å². The molecule has 3 heterocycles. The highest BCUT2D eigenvalue weighted by Gasteiger charge is 2.30. The molecule has 1 N–H and O–H groups in total. The monoisotopic (exact) mass is 410 g/mol. The van der Waals surface area contributed by atoms with Crippen molar-refractivity contribution in [2.75, 3.05) is 50.9 Å². The summed E-state index contributed by atoms with van der Waals surface area (Å²) >= 11 is 0. The molecule has 0 aliphatic carbocycles. The summed E-state index contributed by atoms with van der Waals surface area (Å²) in [6, 6.07) is 12.1. The van der Waals surface area contributed by atoms with Crippen LogP contribution in [0.1, 0.15) is 22.0 Å². The molecule has 1 atom stereocenters. The second-order valence-electron chi connectivity index (χ2n) is 7.94. The van der Waals surface area contributed by atoms with E-state index in [0.717, 1.165) is 56.4 Å². The van der Waals surface area contributed by atoms with Crippen LogP contribution in [0.15, 0.2) is 42.5 Å². The number of fused-ring (bicyclic) bond motifs is 1. The number of hydrogen-bond donors (Lipinski definition) is 1. The number of halogens is 1. The third kappa shape index (κ3) is 3.87. The highest BCUT2D eigenvalue weighted by molar-refractivity contribution is 5.94. The molecule has 2 fully saturated rings. The first-order valence-corrected chi connectivity index (χ1v) is 10.4. The SMILES string of the molecule is O=C(N[C@H]1[CH]COc2ccc(N3CCN(C4COC4)CC3)cc21)c1ccc(F)cc1. The average Bonchev–Trinajstić information content (AvgIpc) is 2.73. The molecule has 0 unspecified atom stereocenters. The van der Waals surface area contributed by atoms with Gasteiger partial charge in [-0.25, -0.2) is 4.39 Å². The molecule has 3 aliphatic heterocycles. The fourth-order valence-electron chi connectivity index (χ4n) is 4.21. The third-order valence-electron chi connectivity index (χ3n) is 6.11. The predicted octanol–water partition coefficient (Wildman–Crippen LogP) is 2.41. The number of benzene rings is 2. The molecule has 2 saturated heterocycles. The second kappa shape index (κ2) is 8.24. The zero-order valence-electron chi connectivity index (χ0n) is 16.7. The van der Waals surface area contributed by atoms with Crippen LogP contribution in [0.5, 0.6) is 5.75 Å². The van der Waals surface area contributed by atoms with E-state index in [9.17, 15) is 9.18 Å². The maximum atomic E-state index is 13.2. The van der Waals surface area contributed by atoms with Gasteiger partial charge in [-0.3, -0.25) is 9.69 Å². The number of carbonyl (C=O) groups is 1. The first kappa shape index (κ1) is 19.3. The third-order valence-corrected chi connectivity index (χ3v) is 6.11. The van der Waals surface area contributed by atoms with E-state index in [1.165, 1.54) is 24.3 Å². The number of hydrogen-bond acceptors (Lipinski definition) is 5. The Hall–Kier alpha value is -2.64. The van der Waals surface area contributed by atoms with Crippen LogP contribution >= 0.6 is 0 Å². The summed E-state index contributed by atoms with van der Waals surface area (Å²) in [5, 5.41) is 3.04. The molecule has 0 saturated carbocycles. The van der Waals surface area contributed by atoms with Crippen molar-refractivity contribution in [3.8, 4) is 5.75 Å². The average molecular weight is 410 g/mol. The van der Waals surface area contributed by atoms with Gasteiger partial charge in [0.05, 0.1) is 31.9 Å².